The van der Waals surface area contributed by atoms with E-state index in [9.17, 15) is 0 Å². The number of thioether (sulfide) groups is 1. The largest absolute Gasteiger partial charge is 0.352 e. The van der Waals surface area contributed by atoms with Gasteiger partial charge in [0.25, 0.3) is 0 Å². The minimum Gasteiger partial charge on any atom is -0.352 e. The Hall–Kier alpha value is -1.17. The van der Waals surface area contributed by atoms with E-state index in [2.05, 4.69) is 39.0 Å². The highest BCUT2D eigenvalue weighted by Crippen LogP contribution is 2.21. The highest BCUT2D eigenvalue weighted by Gasteiger charge is 2.21. The zero-order valence-corrected chi connectivity index (χ0v) is 12.8. The molecule has 0 amide bonds. The number of rotatable bonds is 3. The number of aromatic nitrogens is 2. The van der Waals surface area contributed by atoms with Crippen molar-refractivity contribution in [1.29, 1.82) is 0 Å². The average molecular weight is 281 g/mol. The van der Waals surface area contributed by atoms with E-state index < -0.39 is 0 Å². The molecule has 1 fully saturated rings. The van der Waals surface area contributed by atoms with Gasteiger partial charge in [-0.15, -0.1) is 0 Å². The lowest BCUT2D eigenvalue weighted by atomic mass is 10.3. The lowest BCUT2D eigenvalue weighted by molar-refractivity contribution is 0.408. The highest BCUT2D eigenvalue weighted by atomic mass is 32.2. The number of nitrogens with zero attached hydrogens (tertiary/aromatic N) is 4. The van der Waals surface area contributed by atoms with E-state index in [1.54, 1.807) is 0 Å². The van der Waals surface area contributed by atoms with Crippen LogP contribution in [0, 0.1) is 0 Å². The molecule has 1 unspecified atom stereocenters. The summed E-state index contributed by atoms with van der Waals surface area (Å²) in [4.78, 5) is 6.76. The van der Waals surface area contributed by atoms with Crippen molar-refractivity contribution >= 4 is 17.7 Å². The number of guanidine groups is 1. The van der Waals surface area contributed by atoms with Gasteiger partial charge in [-0.25, -0.2) is 0 Å². The zero-order valence-electron chi connectivity index (χ0n) is 12.0. The molecule has 0 spiro atoms. The number of aryl methyl sites for hydroxylation is 1. The highest BCUT2D eigenvalue weighted by molar-refractivity contribution is 8.00. The van der Waals surface area contributed by atoms with Crippen molar-refractivity contribution in [3.05, 3.63) is 18.0 Å². The molecule has 1 N–H and O–H groups in total. The SMILES string of the molecule is CCC1CN(C(=NC)NCc2cnn(C)c2)CCS1. The molecule has 6 heteroatoms. The molecule has 1 aromatic heterocycles. The maximum absolute atomic E-state index is 4.40. The molecule has 1 aromatic rings. The number of nitrogens with one attached hydrogen (secondary N) is 1. The van der Waals surface area contributed by atoms with E-state index in [4.69, 9.17) is 0 Å². The van der Waals surface area contributed by atoms with E-state index in [1.165, 1.54) is 17.7 Å². The lowest BCUT2D eigenvalue weighted by Gasteiger charge is -2.34. The van der Waals surface area contributed by atoms with Gasteiger partial charge in [0.05, 0.1) is 6.20 Å². The molecule has 1 saturated heterocycles. The second kappa shape index (κ2) is 6.84. The molecule has 1 atom stereocenters. The normalized spacial score (nSPS) is 20.7. The van der Waals surface area contributed by atoms with E-state index in [1.807, 2.05) is 31.2 Å². The molecule has 0 saturated carbocycles. The standard InChI is InChI=1S/C13H23N5S/c1-4-12-10-18(5-6-19-12)13(14-2)15-7-11-8-16-17(3)9-11/h8-9,12H,4-7,10H2,1-3H3,(H,14,15). The van der Waals surface area contributed by atoms with E-state index in [-0.39, 0.29) is 0 Å². The smallest absolute Gasteiger partial charge is 0.193 e. The summed E-state index contributed by atoms with van der Waals surface area (Å²) >= 11 is 2.07. The van der Waals surface area contributed by atoms with Crippen LogP contribution in [-0.2, 0) is 13.6 Å². The summed E-state index contributed by atoms with van der Waals surface area (Å²) in [6.45, 7) is 5.20. The fourth-order valence-electron chi connectivity index (χ4n) is 2.24. The number of hydrogen-bond donors (Lipinski definition) is 1. The summed E-state index contributed by atoms with van der Waals surface area (Å²) in [5, 5.41) is 8.33. The van der Waals surface area contributed by atoms with Gasteiger partial charge < -0.3 is 10.2 Å². The van der Waals surface area contributed by atoms with Crippen LogP contribution < -0.4 is 5.32 Å². The Bertz CT molecular complexity index is 428. The number of hydrogen-bond acceptors (Lipinski definition) is 3. The molecule has 2 rings (SSSR count). The third kappa shape index (κ3) is 3.89. The third-order valence-corrected chi connectivity index (χ3v) is 4.69. The van der Waals surface area contributed by atoms with Crippen molar-refractivity contribution < 1.29 is 0 Å². The minimum absolute atomic E-state index is 0.727. The minimum atomic E-state index is 0.727. The molecule has 5 nitrogen and oxygen atoms in total. The van der Waals surface area contributed by atoms with Crippen molar-refractivity contribution in [3.8, 4) is 0 Å². The van der Waals surface area contributed by atoms with E-state index in [0.29, 0.717) is 0 Å². The summed E-state index contributed by atoms with van der Waals surface area (Å²) in [6, 6.07) is 0. The predicted octanol–water partition coefficient (Wildman–Crippen LogP) is 1.32. The van der Waals surface area contributed by atoms with Crippen LogP contribution in [0.2, 0.25) is 0 Å². The van der Waals surface area contributed by atoms with Gasteiger partial charge in [0, 0.05) is 56.5 Å². The maximum atomic E-state index is 4.40. The third-order valence-electron chi connectivity index (χ3n) is 3.31. The summed E-state index contributed by atoms with van der Waals surface area (Å²) in [5.41, 5.74) is 1.18. The van der Waals surface area contributed by atoms with Crippen molar-refractivity contribution in [2.24, 2.45) is 12.0 Å². The molecule has 2 heterocycles. The van der Waals surface area contributed by atoms with Gasteiger partial charge in [0.15, 0.2) is 5.96 Å². The van der Waals surface area contributed by atoms with Gasteiger partial charge in [-0.2, -0.15) is 16.9 Å². The summed E-state index contributed by atoms with van der Waals surface area (Å²) in [7, 11) is 3.79. The predicted molar refractivity (Wildman–Crippen MR) is 81.5 cm³/mol. The van der Waals surface area contributed by atoms with Crippen molar-refractivity contribution in [1.82, 2.24) is 20.0 Å². The fraction of sp³-hybridized carbons (Fsp3) is 0.692. The van der Waals surface area contributed by atoms with Crippen LogP contribution >= 0.6 is 11.8 Å². The summed E-state index contributed by atoms with van der Waals surface area (Å²) in [5.74, 6) is 2.19. The number of aliphatic imine (C=N–C) groups is 1. The lowest BCUT2D eigenvalue weighted by Crippen LogP contribution is -2.47. The first-order valence-corrected chi connectivity index (χ1v) is 7.82. The fourth-order valence-corrected chi connectivity index (χ4v) is 3.42. The first kappa shape index (κ1) is 14.2. The van der Waals surface area contributed by atoms with Crippen LogP contribution in [0.25, 0.3) is 0 Å². The molecular weight excluding hydrogens is 258 g/mol. The van der Waals surface area contributed by atoms with Gasteiger partial charge in [0.1, 0.15) is 0 Å². The maximum Gasteiger partial charge on any atom is 0.193 e. The Kier molecular flexibility index (Phi) is 5.13. The molecule has 0 bridgehead atoms. The van der Waals surface area contributed by atoms with E-state index in [0.717, 1.165) is 30.8 Å². The molecule has 1 aliphatic heterocycles. The Morgan fingerprint density at radius 1 is 1.63 bits per heavy atom. The quantitative estimate of drug-likeness (QED) is 0.670. The second-order valence-corrected chi connectivity index (χ2v) is 6.18. The van der Waals surface area contributed by atoms with Crippen LogP contribution in [0.3, 0.4) is 0 Å². The molecule has 19 heavy (non-hydrogen) atoms. The Balaban J connectivity index is 1.89. The molecule has 0 radical (unpaired) electrons. The zero-order chi connectivity index (χ0) is 13.7. The monoisotopic (exact) mass is 281 g/mol. The van der Waals surface area contributed by atoms with Crippen molar-refractivity contribution in [2.45, 2.75) is 25.1 Å². The van der Waals surface area contributed by atoms with Crippen molar-refractivity contribution in [3.63, 3.8) is 0 Å². The van der Waals surface area contributed by atoms with Crippen LogP contribution in [0.5, 0.6) is 0 Å². The van der Waals surface area contributed by atoms with Gasteiger partial charge in [-0.1, -0.05) is 6.92 Å². The molecular formula is C13H23N5S. The first-order valence-electron chi connectivity index (χ1n) is 6.77. The van der Waals surface area contributed by atoms with E-state index >= 15 is 0 Å². The van der Waals surface area contributed by atoms with Crippen LogP contribution in [0.15, 0.2) is 17.4 Å². The molecule has 1 aliphatic rings. The second-order valence-electron chi connectivity index (χ2n) is 4.77. The Morgan fingerprint density at radius 3 is 3.11 bits per heavy atom. The molecule has 0 aromatic carbocycles. The molecule has 106 valence electrons. The van der Waals surface area contributed by atoms with Crippen LogP contribution in [0.1, 0.15) is 18.9 Å². The first-order chi connectivity index (χ1) is 9.22. The molecule has 0 aliphatic carbocycles. The Morgan fingerprint density at radius 2 is 2.47 bits per heavy atom. The summed E-state index contributed by atoms with van der Waals surface area (Å²) < 4.78 is 1.82. The van der Waals surface area contributed by atoms with Crippen LogP contribution in [0.4, 0.5) is 0 Å². The van der Waals surface area contributed by atoms with Gasteiger partial charge in [-0.3, -0.25) is 9.67 Å². The topological polar surface area (TPSA) is 45.4 Å². The van der Waals surface area contributed by atoms with Crippen LogP contribution in [-0.4, -0.2) is 51.8 Å². The van der Waals surface area contributed by atoms with Crippen molar-refractivity contribution in [2.75, 3.05) is 25.9 Å². The summed E-state index contributed by atoms with van der Waals surface area (Å²) in [6.07, 6.45) is 5.14. The van der Waals surface area contributed by atoms with Gasteiger partial charge in [0.2, 0.25) is 0 Å². The van der Waals surface area contributed by atoms with Gasteiger partial charge in [-0.05, 0) is 6.42 Å². The average Bonchev–Trinajstić information content (AvgIpc) is 2.85. The Labute approximate surface area is 119 Å². The van der Waals surface area contributed by atoms with Gasteiger partial charge >= 0.3 is 0 Å².